The summed E-state index contributed by atoms with van der Waals surface area (Å²) in [5.41, 5.74) is 6.27. The summed E-state index contributed by atoms with van der Waals surface area (Å²) >= 11 is 0. The van der Waals surface area contributed by atoms with Crippen LogP contribution in [0.4, 0.5) is 0 Å². The molecular weight excluding hydrogens is 204 g/mol. The van der Waals surface area contributed by atoms with Gasteiger partial charge in [-0.15, -0.1) is 0 Å². The number of aryl methyl sites for hydroxylation is 1. The van der Waals surface area contributed by atoms with E-state index in [1.807, 2.05) is 0 Å². The molecular formula is C11H16N4O. The number of carbonyl (C=O) groups is 1. The van der Waals surface area contributed by atoms with Crippen LogP contribution in [0.5, 0.6) is 0 Å². The largest absolute Gasteiger partial charge is 0.365 e. The second kappa shape index (κ2) is 4.57. The first-order chi connectivity index (χ1) is 7.68. The number of nitrogens with two attached hydrogens (primary N) is 1. The van der Waals surface area contributed by atoms with Crippen LogP contribution in [0.15, 0.2) is 6.20 Å². The standard InChI is InChI=1S/C11H16N4O/c1-7-8(10(12)16)6-14-11(15-7)9-4-2-3-5-13-9/h6,9,13H,2-5H2,1H3,(H2,12,16)/t9-/m1/s1. The third-order valence-corrected chi connectivity index (χ3v) is 2.89. The summed E-state index contributed by atoms with van der Waals surface area (Å²) in [6, 6.07) is 0.217. The summed E-state index contributed by atoms with van der Waals surface area (Å²) in [5, 5.41) is 3.37. The van der Waals surface area contributed by atoms with Crippen LogP contribution in [0.1, 0.15) is 47.2 Å². The fourth-order valence-electron chi connectivity index (χ4n) is 1.97. The summed E-state index contributed by atoms with van der Waals surface area (Å²) in [6.45, 7) is 2.79. The molecule has 1 saturated heterocycles. The van der Waals surface area contributed by atoms with Crippen molar-refractivity contribution in [2.75, 3.05) is 6.54 Å². The van der Waals surface area contributed by atoms with Crippen molar-refractivity contribution >= 4 is 5.91 Å². The number of aromatic nitrogens is 2. The zero-order valence-electron chi connectivity index (χ0n) is 9.36. The van der Waals surface area contributed by atoms with E-state index in [9.17, 15) is 4.79 Å². The number of primary amides is 1. The molecule has 16 heavy (non-hydrogen) atoms. The molecule has 0 saturated carbocycles. The van der Waals surface area contributed by atoms with Crippen molar-refractivity contribution in [3.63, 3.8) is 0 Å². The van der Waals surface area contributed by atoms with E-state index in [1.54, 1.807) is 6.92 Å². The molecule has 0 aromatic carbocycles. The second-order valence-corrected chi connectivity index (χ2v) is 4.09. The van der Waals surface area contributed by atoms with Crippen molar-refractivity contribution in [2.45, 2.75) is 32.2 Å². The van der Waals surface area contributed by atoms with Gasteiger partial charge in [0.1, 0.15) is 5.82 Å². The molecule has 1 aliphatic heterocycles. The van der Waals surface area contributed by atoms with Gasteiger partial charge in [0.15, 0.2) is 0 Å². The molecule has 1 aromatic heterocycles. The zero-order valence-corrected chi connectivity index (χ0v) is 9.36. The number of nitrogens with one attached hydrogen (secondary N) is 1. The van der Waals surface area contributed by atoms with Crippen molar-refractivity contribution in [3.8, 4) is 0 Å². The predicted octanol–water partition coefficient (Wildman–Crippen LogP) is 0.699. The Labute approximate surface area is 94.5 Å². The summed E-state index contributed by atoms with van der Waals surface area (Å²) in [4.78, 5) is 19.6. The van der Waals surface area contributed by atoms with Crippen LogP contribution in [-0.2, 0) is 0 Å². The fourth-order valence-corrected chi connectivity index (χ4v) is 1.97. The Kier molecular flexibility index (Phi) is 3.14. The molecule has 1 aliphatic rings. The predicted molar refractivity (Wildman–Crippen MR) is 59.9 cm³/mol. The fraction of sp³-hybridized carbons (Fsp3) is 0.545. The van der Waals surface area contributed by atoms with Gasteiger partial charge < -0.3 is 11.1 Å². The first kappa shape index (κ1) is 11.0. The van der Waals surface area contributed by atoms with Gasteiger partial charge in [0, 0.05) is 6.20 Å². The lowest BCUT2D eigenvalue weighted by Gasteiger charge is -2.22. The quantitative estimate of drug-likeness (QED) is 0.768. The highest BCUT2D eigenvalue weighted by atomic mass is 16.1. The molecule has 0 unspecified atom stereocenters. The van der Waals surface area contributed by atoms with Crippen LogP contribution in [0.25, 0.3) is 0 Å². The van der Waals surface area contributed by atoms with Gasteiger partial charge >= 0.3 is 0 Å². The molecule has 3 N–H and O–H groups in total. The van der Waals surface area contributed by atoms with E-state index < -0.39 is 5.91 Å². The molecule has 0 aliphatic carbocycles. The maximum absolute atomic E-state index is 11.0. The summed E-state index contributed by atoms with van der Waals surface area (Å²) in [6.07, 6.45) is 4.97. The van der Waals surface area contributed by atoms with Crippen molar-refractivity contribution in [1.29, 1.82) is 0 Å². The zero-order chi connectivity index (χ0) is 11.5. The van der Waals surface area contributed by atoms with Crippen LogP contribution < -0.4 is 11.1 Å². The van der Waals surface area contributed by atoms with Crippen molar-refractivity contribution in [1.82, 2.24) is 15.3 Å². The Balaban J connectivity index is 2.23. The maximum Gasteiger partial charge on any atom is 0.252 e. The number of piperidine rings is 1. The van der Waals surface area contributed by atoms with Crippen molar-refractivity contribution in [3.05, 3.63) is 23.3 Å². The van der Waals surface area contributed by atoms with E-state index >= 15 is 0 Å². The summed E-state index contributed by atoms with van der Waals surface area (Å²) in [7, 11) is 0. The average Bonchev–Trinajstić information content (AvgIpc) is 2.29. The Hall–Kier alpha value is -1.49. The first-order valence-corrected chi connectivity index (χ1v) is 5.55. The van der Waals surface area contributed by atoms with E-state index in [1.165, 1.54) is 19.0 Å². The Morgan fingerprint density at radius 3 is 2.94 bits per heavy atom. The Morgan fingerprint density at radius 1 is 1.56 bits per heavy atom. The Bertz CT molecular complexity index is 399. The van der Waals surface area contributed by atoms with Crippen LogP contribution in [-0.4, -0.2) is 22.4 Å². The molecule has 0 radical (unpaired) electrons. The van der Waals surface area contributed by atoms with Crippen molar-refractivity contribution in [2.24, 2.45) is 5.73 Å². The first-order valence-electron chi connectivity index (χ1n) is 5.55. The van der Waals surface area contributed by atoms with E-state index in [2.05, 4.69) is 15.3 Å². The minimum atomic E-state index is -0.472. The number of hydrogen-bond donors (Lipinski definition) is 2. The molecule has 1 amide bonds. The molecule has 86 valence electrons. The second-order valence-electron chi connectivity index (χ2n) is 4.09. The highest BCUT2D eigenvalue weighted by Gasteiger charge is 2.18. The molecule has 5 heteroatoms. The lowest BCUT2D eigenvalue weighted by atomic mass is 10.0. The van der Waals surface area contributed by atoms with E-state index in [0.29, 0.717) is 11.3 Å². The molecule has 0 spiro atoms. The Morgan fingerprint density at radius 2 is 2.38 bits per heavy atom. The van der Waals surface area contributed by atoms with E-state index in [0.717, 1.165) is 18.8 Å². The van der Waals surface area contributed by atoms with Gasteiger partial charge in [-0.25, -0.2) is 9.97 Å². The number of carbonyl (C=O) groups excluding carboxylic acids is 1. The van der Waals surface area contributed by atoms with Gasteiger partial charge in [-0.05, 0) is 26.3 Å². The molecule has 5 nitrogen and oxygen atoms in total. The molecule has 1 aromatic rings. The van der Waals surface area contributed by atoms with Gasteiger partial charge in [0.05, 0.1) is 17.3 Å². The van der Waals surface area contributed by atoms with E-state index in [4.69, 9.17) is 5.73 Å². The summed E-state index contributed by atoms with van der Waals surface area (Å²) in [5.74, 6) is 0.294. The normalized spacial score (nSPS) is 20.7. The SMILES string of the molecule is Cc1nc([C@H]2CCCCN2)ncc1C(N)=O. The van der Waals surface area contributed by atoms with Crippen LogP contribution >= 0.6 is 0 Å². The van der Waals surface area contributed by atoms with Crippen molar-refractivity contribution < 1.29 is 4.79 Å². The minimum absolute atomic E-state index is 0.217. The molecule has 1 fully saturated rings. The number of hydrogen-bond acceptors (Lipinski definition) is 4. The number of nitrogens with zero attached hydrogens (tertiary/aromatic N) is 2. The minimum Gasteiger partial charge on any atom is -0.365 e. The summed E-state index contributed by atoms with van der Waals surface area (Å²) < 4.78 is 0. The van der Waals surface area contributed by atoms with Gasteiger partial charge in [-0.3, -0.25) is 4.79 Å². The molecule has 0 bridgehead atoms. The van der Waals surface area contributed by atoms with Crippen LogP contribution in [0, 0.1) is 6.92 Å². The van der Waals surface area contributed by atoms with Crippen LogP contribution in [0.2, 0.25) is 0 Å². The van der Waals surface area contributed by atoms with E-state index in [-0.39, 0.29) is 6.04 Å². The van der Waals surface area contributed by atoms with Gasteiger partial charge in [0.2, 0.25) is 0 Å². The molecule has 2 heterocycles. The highest BCUT2D eigenvalue weighted by Crippen LogP contribution is 2.20. The van der Waals surface area contributed by atoms with Gasteiger partial charge in [-0.1, -0.05) is 6.42 Å². The monoisotopic (exact) mass is 220 g/mol. The van der Waals surface area contributed by atoms with Gasteiger partial charge in [0.25, 0.3) is 5.91 Å². The number of amides is 1. The lowest BCUT2D eigenvalue weighted by Crippen LogP contribution is -2.29. The topological polar surface area (TPSA) is 80.9 Å². The average molecular weight is 220 g/mol. The highest BCUT2D eigenvalue weighted by molar-refractivity contribution is 5.93. The van der Waals surface area contributed by atoms with Gasteiger partial charge in [-0.2, -0.15) is 0 Å². The molecule has 2 rings (SSSR count). The third-order valence-electron chi connectivity index (χ3n) is 2.89. The molecule has 1 atom stereocenters. The maximum atomic E-state index is 11.0. The lowest BCUT2D eigenvalue weighted by molar-refractivity contribution is 0.0999. The smallest absolute Gasteiger partial charge is 0.252 e. The third kappa shape index (κ3) is 2.19. The van der Waals surface area contributed by atoms with Crippen LogP contribution in [0.3, 0.4) is 0 Å². The number of rotatable bonds is 2.